The molecule has 1 aliphatic rings. The minimum absolute atomic E-state index is 0.0600. The van der Waals surface area contributed by atoms with Crippen LogP contribution in [0.15, 0.2) is 46.2 Å². The lowest BCUT2D eigenvalue weighted by Crippen LogP contribution is -2.20. The molecule has 0 unspecified atom stereocenters. The highest BCUT2D eigenvalue weighted by atomic mass is 35.5. The molecule has 0 radical (unpaired) electrons. The molecule has 2 amide bonds. The van der Waals surface area contributed by atoms with Gasteiger partial charge in [-0.05, 0) is 36.4 Å². The zero-order valence-electron chi connectivity index (χ0n) is 16.4. The Hall–Kier alpha value is -2.23. The standard InChI is InChI=1S/C20H21ClN2O5S2/c1-12-11-29-18-6-4-14(10-16(18)23-20(12)25)30(26,27)8-7-19(24)22-15-9-13(21)3-5-17(15)28-2/h3-6,9-10,12H,7-8,11H2,1-2H3,(H,22,24)(H,23,25)/t12-/m0/s1. The van der Waals surface area contributed by atoms with Gasteiger partial charge in [0.25, 0.3) is 0 Å². The molecule has 2 aromatic rings. The van der Waals surface area contributed by atoms with Crippen molar-refractivity contribution < 1.29 is 22.7 Å². The molecule has 1 atom stereocenters. The van der Waals surface area contributed by atoms with Crippen molar-refractivity contribution >= 4 is 56.4 Å². The molecule has 30 heavy (non-hydrogen) atoms. The maximum atomic E-state index is 12.7. The molecule has 0 aliphatic carbocycles. The highest BCUT2D eigenvalue weighted by Gasteiger charge is 2.23. The molecule has 7 nitrogen and oxygen atoms in total. The normalized spacial score (nSPS) is 16.2. The first-order chi connectivity index (χ1) is 14.2. The third kappa shape index (κ3) is 5.27. The first-order valence-corrected chi connectivity index (χ1v) is 12.1. The Balaban J connectivity index is 1.70. The summed E-state index contributed by atoms with van der Waals surface area (Å²) in [7, 11) is -2.27. The Kier molecular flexibility index (Phi) is 6.95. The molecule has 0 saturated heterocycles. The average Bonchev–Trinajstić information content (AvgIpc) is 2.84. The van der Waals surface area contributed by atoms with Crippen molar-refractivity contribution in [1.29, 1.82) is 0 Å². The lowest BCUT2D eigenvalue weighted by Gasteiger charge is -2.12. The van der Waals surface area contributed by atoms with E-state index < -0.39 is 15.7 Å². The summed E-state index contributed by atoms with van der Waals surface area (Å²) in [6.45, 7) is 1.82. The van der Waals surface area contributed by atoms with Crippen molar-refractivity contribution in [2.45, 2.75) is 23.1 Å². The van der Waals surface area contributed by atoms with Gasteiger partial charge in [-0.25, -0.2) is 8.42 Å². The predicted octanol–water partition coefficient (Wildman–Crippen LogP) is 3.83. The van der Waals surface area contributed by atoms with Gasteiger partial charge in [0.2, 0.25) is 11.8 Å². The Morgan fingerprint density at radius 3 is 2.80 bits per heavy atom. The van der Waals surface area contributed by atoms with Crippen LogP contribution in [-0.4, -0.2) is 38.8 Å². The summed E-state index contributed by atoms with van der Waals surface area (Å²) in [5.74, 6) is -0.133. The zero-order valence-corrected chi connectivity index (χ0v) is 18.8. The van der Waals surface area contributed by atoms with Gasteiger partial charge in [0, 0.05) is 28.0 Å². The summed E-state index contributed by atoms with van der Waals surface area (Å²) in [6.07, 6.45) is -0.243. The first-order valence-electron chi connectivity index (χ1n) is 9.13. The highest BCUT2D eigenvalue weighted by molar-refractivity contribution is 7.99. The van der Waals surface area contributed by atoms with Crippen molar-refractivity contribution in [2.75, 3.05) is 29.2 Å². The minimum atomic E-state index is -3.73. The molecule has 1 aliphatic heterocycles. The molecule has 3 rings (SSSR count). The van der Waals surface area contributed by atoms with Gasteiger partial charge in [0.05, 0.1) is 29.1 Å². The Morgan fingerprint density at radius 1 is 1.30 bits per heavy atom. The molecule has 10 heteroatoms. The van der Waals surface area contributed by atoms with Gasteiger partial charge in [-0.3, -0.25) is 9.59 Å². The van der Waals surface area contributed by atoms with Crippen LogP contribution in [0.25, 0.3) is 0 Å². The number of hydrogen-bond acceptors (Lipinski definition) is 6. The van der Waals surface area contributed by atoms with Gasteiger partial charge in [0.1, 0.15) is 5.75 Å². The van der Waals surface area contributed by atoms with E-state index in [4.69, 9.17) is 16.3 Å². The maximum absolute atomic E-state index is 12.7. The Bertz CT molecular complexity index is 1090. The summed E-state index contributed by atoms with van der Waals surface area (Å²) in [5, 5.41) is 5.81. The number of amides is 2. The van der Waals surface area contributed by atoms with E-state index in [-0.39, 0.29) is 28.9 Å². The number of rotatable bonds is 6. The van der Waals surface area contributed by atoms with E-state index in [0.717, 1.165) is 4.90 Å². The third-order valence-corrected chi connectivity index (χ3v) is 7.82. The number of nitrogens with one attached hydrogen (secondary N) is 2. The summed E-state index contributed by atoms with van der Waals surface area (Å²) in [5.41, 5.74) is 0.842. The number of benzene rings is 2. The second-order valence-electron chi connectivity index (χ2n) is 6.82. The Morgan fingerprint density at radius 2 is 2.07 bits per heavy atom. The quantitative estimate of drug-likeness (QED) is 0.668. The van der Waals surface area contributed by atoms with Crippen LogP contribution in [0.3, 0.4) is 0 Å². The largest absolute Gasteiger partial charge is 0.495 e. The molecule has 2 N–H and O–H groups in total. The van der Waals surface area contributed by atoms with Crippen LogP contribution in [-0.2, 0) is 19.4 Å². The van der Waals surface area contributed by atoms with Crippen LogP contribution in [0.2, 0.25) is 5.02 Å². The molecule has 0 bridgehead atoms. The van der Waals surface area contributed by atoms with E-state index in [1.165, 1.54) is 37.1 Å². The number of fused-ring (bicyclic) bond motifs is 1. The second kappa shape index (κ2) is 9.28. The van der Waals surface area contributed by atoms with Crippen molar-refractivity contribution in [3.8, 4) is 5.75 Å². The summed E-state index contributed by atoms with van der Waals surface area (Å²) >= 11 is 7.44. The highest BCUT2D eigenvalue weighted by Crippen LogP contribution is 2.34. The SMILES string of the molecule is COc1ccc(Cl)cc1NC(=O)CCS(=O)(=O)c1ccc2c(c1)NC(=O)[C@@H](C)CS2. The van der Waals surface area contributed by atoms with Gasteiger partial charge in [-0.1, -0.05) is 18.5 Å². The summed E-state index contributed by atoms with van der Waals surface area (Å²) in [4.78, 5) is 25.2. The predicted molar refractivity (Wildman–Crippen MR) is 118 cm³/mol. The van der Waals surface area contributed by atoms with Crippen molar-refractivity contribution in [2.24, 2.45) is 5.92 Å². The molecule has 160 valence electrons. The number of ether oxygens (including phenoxy) is 1. The fourth-order valence-electron chi connectivity index (χ4n) is 2.81. The van der Waals surface area contributed by atoms with Crippen LogP contribution in [0.5, 0.6) is 5.75 Å². The number of hydrogen-bond donors (Lipinski definition) is 2. The first kappa shape index (κ1) is 22.5. The molecule has 0 aromatic heterocycles. The van der Waals surface area contributed by atoms with Gasteiger partial charge in [-0.15, -0.1) is 11.8 Å². The maximum Gasteiger partial charge on any atom is 0.228 e. The van der Waals surface area contributed by atoms with E-state index in [9.17, 15) is 18.0 Å². The van der Waals surface area contributed by atoms with Crippen molar-refractivity contribution in [1.82, 2.24) is 0 Å². The third-order valence-electron chi connectivity index (χ3n) is 4.54. The lowest BCUT2D eigenvalue weighted by molar-refractivity contribution is -0.118. The van der Waals surface area contributed by atoms with Gasteiger partial charge in [-0.2, -0.15) is 0 Å². The molecule has 1 heterocycles. The molecule has 0 saturated carbocycles. The minimum Gasteiger partial charge on any atom is -0.495 e. The molecule has 0 spiro atoms. The monoisotopic (exact) mass is 468 g/mol. The smallest absolute Gasteiger partial charge is 0.228 e. The van der Waals surface area contributed by atoms with E-state index in [2.05, 4.69) is 10.6 Å². The van der Waals surface area contributed by atoms with Gasteiger partial charge >= 0.3 is 0 Å². The van der Waals surface area contributed by atoms with Crippen LogP contribution < -0.4 is 15.4 Å². The number of carbonyl (C=O) groups is 2. The Labute approximate surface area is 184 Å². The number of methoxy groups -OCH3 is 1. The van der Waals surface area contributed by atoms with Crippen molar-refractivity contribution in [3.05, 3.63) is 41.4 Å². The summed E-state index contributed by atoms with van der Waals surface area (Å²) < 4.78 is 30.6. The summed E-state index contributed by atoms with van der Waals surface area (Å²) in [6, 6.07) is 9.39. The zero-order chi connectivity index (χ0) is 21.9. The van der Waals surface area contributed by atoms with E-state index in [1.807, 2.05) is 6.92 Å². The van der Waals surface area contributed by atoms with E-state index in [1.54, 1.807) is 18.2 Å². The van der Waals surface area contributed by atoms with E-state index >= 15 is 0 Å². The molecule has 0 fully saturated rings. The molecular formula is C20H21ClN2O5S2. The fraction of sp³-hybridized carbons (Fsp3) is 0.300. The number of halogens is 1. The number of anilines is 2. The number of sulfone groups is 1. The van der Waals surface area contributed by atoms with Gasteiger partial charge < -0.3 is 15.4 Å². The lowest BCUT2D eigenvalue weighted by atomic mass is 10.2. The van der Waals surface area contributed by atoms with Crippen molar-refractivity contribution in [3.63, 3.8) is 0 Å². The van der Waals surface area contributed by atoms with E-state index in [0.29, 0.717) is 27.9 Å². The topological polar surface area (TPSA) is 102 Å². The average molecular weight is 469 g/mol. The van der Waals surface area contributed by atoms with Gasteiger partial charge in [0.15, 0.2) is 9.84 Å². The number of thioether (sulfide) groups is 1. The fourth-order valence-corrected chi connectivity index (χ4v) is 5.25. The molecule has 2 aromatic carbocycles. The van der Waals surface area contributed by atoms with Crippen LogP contribution in [0, 0.1) is 5.92 Å². The van der Waals surface area contributed by atoms with Crippen LogP contribution in [0.1, 0.15) is 13.3 Å². The van der Waals surface area contributed by atoms with Crippen LogP contribution >= 0.6 is 23.4 Å². The van der Waals surface area contributed by atoms with Crippen LogP contribution in [0.4, 0.5) is 11.4 Å². The molecular weight excluding hydrogens is 448 g/mol. The second-order valence-corrected chi connectivity index (χ2v) is 10.4. The number of carbonyl (C=O) groups excluding carboxylic acids is 2.